The third kappa shape index (κ3) is 3.31. The minimum absolute atomic E-state index is 0.0771. The number of anilines is 1. The van der Waals surface area contributed by atoms with Gasteiger partial charge in [-0.1, -0.05) is 42.0 Å². The molecule has 144 valence electrons. The van der Waals surface area contributed by atoms with Gasteiger partial charge in [0.05, 0.1) is 11.6 Å². The maximum absolute atomic E-state index is 13.1. The van der Waals surface area contributed by atoms with E-state index in [9.17, 15) is 14.7 Å². The highest BCUT2D eigenvalue weighted by Gasteiger charge is 2.46. The Hall–Kier alpha value is -3.73. The van der Waals surface area contributed by atoms with Crippen molar-refractivity contribution in [3.8, 4) is 0 Å². The molecule has 0 aliphatic carbocycles. The van der Waals surface area contributed by atoms with E-state index in [1.165, 1.54) is 17.3 Å². The van der Waals surface area contributed by atoms with Crippen molar-refractivity contribution < 1.29 is 14.7 Å². The van der Waals surface area contributed by atoms with Gasteiger partial charge in [-0.25, -0.2) is 0 Å². The van der Waals surface area contributed by atoms with Crippen molar-refractivity contribution >= 4 is 23.1 Å². The van der Waals surface area contributed by atoms with Gasteiger partial charge < -0.3 is 5.11 Å². The van der Waals surface area contributed by atoms with Crippen LogP contribution in [0, 0.1) is 13.8 Å². The number of rotatable bonds is 3. The minimum Gasteiger partial charge on any atom is -0.507 e. The van der Waals surface area contributed by atoms with Crippen LogP contribution in [0.5, 0.6) is 0 Å². The number of benzene rings is 2. The van der Waals surface area contributed by atoms with Crippen molar-refractivity contribution in [2.45, 2.75) is 19.9 Å². The zero-order valence-electron chi connectivity index (χ0n) is 16.2. The highest BCUT2D eigenvalue weighted by Crippen LogP contribution is 2.42. The first kappa shape index (κ1) is 18.6. The molecule has 0 saturated carbocycles. The lowest BCUT2D eigenvalue weighted by atomic mass is 9.94. The molecule has 1 saturated heterocycles. The molecule has 4 rings (SSSR count). The van der Waals surface area contributed by atoms with Crippen molar-refractivity contribution in [3.05, 3.63) is 101 Å². The lowest BCUT2D eigenvalue weighted by Gasteiger charge is -2.26. The van der Waals surface area contributed by atoms with Crippen LogP contribution in [0.3, 0.4) is 0 Å². The summed E-state index contributed by atoms with van der Waals surface area (Å²) in [5.41, 5.74) is 3.88. The lowest BCUT2D eigenvalue weighted by molar-refractivity contribution is -0.132. The van der Waals surface area contributed by atoms with Gasteiger partial charge in [-0.3, -0.25) is 19.5 Å². The fourth-order valence-electron chi connectivity index (χ4n) is 3.70. The molecule has 0 radical (unpaired) electrons. The first-order valence-electron chi connectivity index (χ1n) is 9.32. The summed E-state index contributed by atoms with van der Waals surface area (Å²) in [6, 6.07) is 17.6. The first-order valence-corrected chi connectivity index (χ1v) is 9.32. The summed E-state index contributed by atoms with van der Waals surface area (Å²) in [5.74, 6) is -1.56. The molecule has 29 heavy (non-hydrogen) atoms. The van der Waals surface area contributed by atoms with E-state index in [0.29, 0.717) is 11.3 Å². The molecule has 5 heteroatoms. The van der Waals surface area contributed by atoms with Gasteiger partial charge in [0.1, 0.15) is 5.76 Å². The van der Waals surface area contributed by atoms with E-state index in [2.05, 4.69) is 4.98 Å². The number of Topliss-reactive ketones (excluding diaryl/α,β-unsaturated/α-hetero) is 1. The second-order valence-corrected chi connectivity index (χ2v) is 7.16. The number of amides is 1. The number of aliphatic hydroxyl groups is 1. The Labute approximate surface area is 169 Å². The molecule has 1 N–H and O–H groups in total. The number of aliphatic hydroxyl groups excluding tert-OH is 1. The zero-order chi connectivity index (χ0) is 20.5. The summed E-state index contributed by atoms with van der Waals surface area (Å²) in [6.45, 7) is 3.88. The second-order valence-electron chi connectivity index (χ2n) is 7.16. The number of ketones is 1. The predicted octanol–water partition coefficient (Wildman–Crippen LogP) is 4.32. The molecule has 5 nitrogen and oxygen atoms in total. The fraction of sp³-hybridized carbons (Fsp3) is 0.125. The summed E-state index contributed by atoms with van der Waals surface area (Å²) in [7, 11) is 0. The molecule has 1 aromatic heterocycles. The second kappa shape index (κ2) is 7.36. The highest BCUT2D eigenvalue weighted by atomic mass is 16.3. The van der Waals surface area contributed by atoms with Gasteiger partial charge in [0.15, 0.2) is 0 Å². The molecule has 1 amide bonds. The number of hydrogen-bond acceptors (Lipinski definition) is 4. The van der Waals surface area contributed by atoms with Gasteiger partial charge in [0.2, 0.25) is 0 Å². The van der Waals surface area contributed by atoms with Crippen molar-refractivity contribution in [2.24, 2.45) is 0 Å². The molecule has 0 spiro atoms. The van der Waals surface area contributed by atoms with Crippen LogP contribution in [0.25, 0.3) is 5.76 Å². The van der Waals surface area contributed by atoms with Crippen molar-refractivity contribution in [1.82, 2.24) is 4.98 Å². The van der Waals surface area contributed by atoms with Crippen LogP contribution in [-0.4, -0.2) is 21.8 Å². The topological polar surface area (TPSA) is 70.5 Å². The molecule has 2 heterocycles. The highest BCUT2D eigenvalue weighted by molar-refractivity contribution is 6.51. The molecule has 0 bridgehead atoms. The van der Waals surface area contributed by atoms with Crippen LogP contribution < -0.4 is 4.90 Å². The Balaban J connectivity index is 1.97. The molecule has 2 aromatic carbocycles. The number of carbonyl (C=O) groups is 2. The summed E-state index contributed by atoms with van der Waals surface area (Å²) in [4.78, 5) is 31.5. The van der Waals surface area contributed by atoms with Gasteiger partial charge in [-0.2, -0.15) is 0 Å². The number of hydrogen-bond donors (Lipinski definition) is 1. The summed E-state index contributed by atoms with van der Waals surface area (Å²) < 4.78 is 0. The van der Waals surface area contributed by atoms with E-state index < -0.39 is 17.7 Å². The van der Waals surface area contributed by atoms with E-state index >= 15 is 0 Å². The SMILES string of the molecule is Cc1cccc(C2/C(=C(\O)c3ccncc3)C(=O)C(=O)N2c2cccc(C)c2)c1. The van der Waals surface area contributed by atoms with Crippen LogP contribution in [-0.2, 0) is 9.59 Å². The quantitative estimate of drug-likeness (QED) is 0.415. The van der Waals surface area contributed by atoms with Gasteiger partial charge in [0.25, 0.3) is 11.7 Å². The normalized spacial score (nSPS) is 18.3. The molecule has 3 aromatic rings. The number of aryl methyl sites for hydroxylation is 2. The third-order valence-electron chi connectivity index (χ3n) is 5.04. The van der Waals surface area contributed by atoms with E-state index in [1.807, 2.05) is 56.3 Å². The zero-order valence-corrected chi connectivity index (χ0v) is 16.2. The minimum atomic E-state index is -0.718. The van der Waals surface area contributed by atoms with Gasteiger partial charge in [-0.15, -0.1) is 0 Å². The fourth-order valence-corrected chi connectivity index (χ4v) is 3.70. The van der Waals surface area contributed by atoms with Crippen LogP contribution >= 0.6 is 0 Å². The molecular formula is C24H20N2O3. The van der Waals surface area contributed by atoms with E-state index in [-0.39, 0.29) is 11.3 Å². The van der Waals surface area contributed by atoms with Gasteiger partial charge in [0, 0.05) is 23.6 Å². The lowest BCUT2D eigenvalue weighted by Crippen LogP contribution is -2.29. The van der Waals surface area contributed by atoms with Gasteiger partial charge >= 0.3 is 0 Å². The Morgan fingerprint density at radius 3 is 2.24 bits per heavy atom. The largest absolute Gasteiger partial charge is 0.507 e. The molecular weight excluding hydrogens is 364 g/mol. The number of nitrogens with zero attached hydrogens (tertiary/aromatic N) is 2. The summed E-state index contributed by atoms with van der Waals surface area (Å²) in [5, 5.41) is 11.0. The van der Waals surface area contributed by atoms with E-state index in [4.69, 9.17) is 0 Å². The standard InChI is InChI=1S/C24H20N2O3/c1-15-5-3-7-18(13-15)21-20(22(27)17-9-11-25-12-10-17)23(28)24(29)26(21)19-8-4-6-16(2)14-19/h3-14,21,27H,1-2H3/b22-20+. The van der Waals surface area contributed by atoms with Crippen molar-refractivity contribution in [2.75, 3.05) is 4.90 Å². The average molecular weight is 384 g/mol. The van der Waals surface area contributed by atoms with Crippen molar-refractivity contribution in [1.29, 1.82) is 0 Å². The van der Waals surface area contributed by atoms with Crippen LogP contribution in [0.4, 0.5) is 5.69 Å². The molecule has 1 fully saturated rings. The van der Waals surface area contributed by atoms with Crippen molar-refractivity contribution in [3.63, 3.8) is 0 Å². The van der Waals surface area contributed by atoms with Gasteiger partial charge in [-0.05, 0) is 49.2 Å². The smallest absolute Gasteiger partial charge is 0.300 e. The molecule has 1 aliphatic rings. The third-order valence-corrected chi connectivity index (χ3v) is 5.04. The summed E-state index contributed by atoms with van der Waals surface area (Å²) >= 11 is 0. The van der Waals surface area contributed by atoms with Crippen LogP contribution in [0.1, 0.15) is 28.3 Å². The number of pyridine rings is 1. The van der Waals surface area contributed by atoms with Crippen LogP contribution in [0.2, 0.25) is 0 Å². The Morgan fingerprint density at radius 2 is 1.59 bits per heavy atom. The van der Waals surface area contributed by atoms with E-state index in [0.717, 1.165) is 16.7 Å². The summed E-state index contributed by atoms with van der Waals surface area (Å²) in [6.07, 6.45) is 3.07. The monoisotopic (exact) mass is 384 g/mol. The molecule has 1 unspecified atom stereocenters. The molecule has 1 atom stereocenters. The number of carbonyl (C=O) groups excluding carboxylic acids is 2. The van der Waals surface area contributed by atoms with E-state index in [1.54, 1.807) is 18.2 Å². The Morgan fingerprint density at radius 1 is 0.931 bits per heavy atom. The average Bonchev–Trinajstić information content (AvgIpc) is 2.99. The predicted molar refractivity (Wildman–Crippen MR) is 111 cm³/mol. The first-order chi connectivity index (χ1) is 14.0. The maximum atomic E-state index is 13.1. The Bertz CT molecular complexity index is 1140. The maximum Gasteiger partial charge on any atom is 0.300 e. The Kier molecular flexibility index (Phi) is 4.72. The van der Waals surface area contributed by atoms with Crippen LogP contribution in [0.15, 0.2) is 78.6 Å². The number of aromatic nitrogens is 1. The molecule has 1 aliphatic heterocycles.